The number of rotatable bonds is 45. The van der Waals surface area contributed by atoms with Crippen LogP contribution in [0.3, 0.4) is 0 Å². The number of carbonyl (C=O) groups excluding carboxylic acids is 1. The smallest absolute Gasteiger partial charge is 0.268 e. The van der Waals surface area contributed by atoms with Crippen molar-refractivity contribution in [3.63, 3.8) is 0 Å². The van der Waals surface area contributed by atoms with Gasteiger partial charge in [0, 0.05) is 6.42 Å². The summed E-state index contributed by atoms with van der Waals surface area (Å²) in [5, 5.41) is 13.8. The number of phosphoric ester groups is 1. The van der Waals surface area contributed by atoms with Crippen molar-refractivity contribution in [2.75, 3.05) is 40.9 Å². The number of hydrogen-bond acceptors (Lipinski definition) is 6. The third kappa shape index (κ3) is 46.0. The Bertz CT molecular complexity index is 1180. The van der Waals surface area contributed by atoms with Gasteiger partial charge in [-0.25, -0.2) is 0 Å². The monoisotopic (exact) mass is 877 g/mol. The van der Waals surface area contributed by atoms with Crippen molar-refractivity contribution in [2.45, 2.75) is 225 Å². The number of likely N-dealkylation sites (N-methyl/N-ethyl adjacent to an activating group) is 1. The molecule has 2 N–H and O–H groups in total. The van der Waals surface area contributed by atoms with E-state index in [9.17, 15) is 19.4 Å². The number of carbonyl (C=O) groups is 1. The van der Waals surface area contributed by atoms with Crippen molar-refractivity contribution < 1.29 is 32.9 Å². The van der Waals surface area contributed by atoms with Gasteiger partial charge in [-0.3, -0.25) is 9.36 Å². The van der Waals surface area contributed by atoms with E-state index in [4.69, 9.17) is 9.05 Å². The second kappa shape index (κ2) is 43.5. The zero-order valence-electron chi connectivity index (χ0n) is 40.4. The molecule has 0 saturated carbocycles. The molecule has 356 valence electrons. The van der Waals surface area contributed by atoms with E-state index in [-0.39, 0.29) is 12.5 Å². The predicted molar refractivity (Wildman–Crippen MR) is 261 cm³/mol. The van der Waals surface area contributed by atoms with E-state index in [1.54, 1.807) is 6.08 Å². The number of nitrogens with zero attached hydrogens (tertiary/aromatic N) is 1. The quantitative estimate of drug-likeness (QED) is 0.0273. The van der Waals surface area contributed by atoms with Crippen molar-refractivity contribution in [1.29, 1.82) is 0 Å². The highest BCUT2D eigenvalue weighted by Crippen LogP contribution is 2.38. The van der Waals surface area contributed by atoms with Crippen molar-refractivity contribution in [3.05, 3.63) is 60.8 Å². The number of aliphatic hydroxyl groups is 1. The molecular formula is C52H97N2O6P. The summed E-state index contributed by atoms with van der Waals surface area (Å²) in [6.45, 7) is 4.55. The van der Waals surface area contributed by atoms with Crippen LogP contribution >= 0.6 is 7.82 Å². The Kier molecular flexibility index (Phi) is 42.2. The van der Waals surface area contributed by atoms with Gasteiger partial charge in [-0.15, -0.1) is 0 Å². The van der Waals surface area contributed by atoms with E-state index in [2.05, 4.69) is 67.8 Å². The molecule has 9 heteroatoms. The summed E-state index contributed by atoms with van der Waals surface area (Å²) < 4.78 is 23.2. The number of allylic oxidation sites excluding steroid dienone is 9. The molecule has 0 heterocycles. The minimum Gasteiger partial charge on any atom is -0.756 e. The third-order valence-electron chi connectivity index (χ3n) is 10.9. The Morgan fingerprint density at radius 1 is 0.574 bits per heavy atom. The highest BCUT2D eigenvalue weighted by atomic mass is 31.2. The third-order valence-corrected chi connectivity index (χ3v) is 11.9. The minimum atomic E-state index is -4.60. The topological polar surface area (TPSA) is 108 Å². The second-order valence-electron chi connectivity index (χ2n) is 18.1. The molecule has 0 fully saturated rings. The summed E-state index contributed by atoms with van der Waals surface area (Å²) >= 11 is 0. The second-order valence-corrected chi connectivity index (χ2v) is 19.6. The Balaban J connectivity index is 4.18. The molecule has 0 rings (SSSR count). The fourth-order valence-corrected chi connectivity index (χ4v) is 7.63. The maximum absolute atomic E-state index is 12.9. The molecule has 8 nitrogen and oxygen atoms in total. The van der Waals surface area contributed by atoms with Gasteiger partial charge in [-0.1, -0.05) is 197 Å². The van der Waals surface area contributed by atoms with Crippen LogP contribution < -0.4 is 10.2 Å². The van der Waals surface area contributed by atoms with Crippen LogP contribution in [-0.4, -0.2) is 68.5 Å². The number of phosphoric acid groups is 1. The average Bonchev–Trinajstić information content (AvgIpc) is 3.21. The largest absolute Gasteiger partial charge is 0.756 e. The molecule has 0 radical (unpaired) electrons. The average molecular weight is 877 g/mol. The highest BCUT2D eigenvalue weighted by molar-refractivity contribution is 7.45. The van der Waals surface area contributed by atoms with Gasteiger partial charge < -0.3 is 28.8 Å². The van der Waals surface area contributed by atoms with E-state index in [1.165, 1.54) is 135 Å². The van der Waals surface area contributed by atoms with Crippen LogP contribution in [-0.2, 0) is 18.4 Å². The fraction of sp³-hybridized carbons (Fsp3) is 0.788. The van der Waals surface area contributed by atoms with Gasteiger partial charge in [0.05, 0.1) is 39.9 Å². The van der Waals surface area contributed by atoms with Gasteiger partial charge in [-0.2, -0.15) is 0 Å². The first-order valence-corrected chi connectivity index (χ1v) is 26.6. The molecule has 0 aliphatic heterocycles. The molecule has 0 aromatic carbocycles. The highest BCUT2D eigenvalue weighted by Gasteiger charge is 2.23. The lowest BCUT2D eigenvalue weighted by Crippen LogP contribution is -2.45. The SMILES string of the molecule is CCCC/C=C/CC/C=C/CC/C=C/C(O)C(COP(=O)([O-])OCC[N+](C)(C)C)NC(=O)CCCCCCCCCCCCCCCCC/C=C\C/C=C\CCCCCCC. The van der Waals surface area contributed by atoms with Gasteiger partial charge in [-0.05, 0) is 70.6 Å². The molecular weight excluding hydrogens is 780 g/mol. The molecule has 0 aromatic rings. The van der Waals surface area contributed by atoms with Gasteiger partial charge in [0.1, 0.15) is 13.2 Å². The Morgan fingerprint density at radius 3 is 1.48 bits per heavy atom. The van der Waals surface area contributed by atoms with Crippen LogP contribution in [0.1, 0.15) is 213 Å². The Labute approximate surface area is 377 Å². The van der Waals surface area contributed by atoms with Crippen LogP contribution in [0.15, 0.2) is 60.8 Å². The number of hydrogen-bond donors (Lipinski definition) is 2. The standard InChI is InChI=1S/C52H97N2O6P/c1-6-8-10-12-14-16-18-20-21-22-23-24-25-26-27-28-29-30-31-32-33-34-36-38-40-42-44-46-52(56)53-50(49-60-61(57,58)59-48-47-54(3,4)5)51(55)45-43-41-39-37-35-19-17-15-13-11-9-7-2/h13,15,18,20,22-23,35,37,43,45,50-51,55H,6-12,14,16-17,19,21,24-34,36,38-42,44,46-49H2,1-5H3,(H-,53,56,57,58)/b15-13+,20-18-,23-22-,37-35+,45-43+. The van der Waals surface area contributed by atoms with Crippen LogP contribution in [0.2, 0.25) is 0 Å². The molecule has 0 aliphatic carbocycles. The van der Waals surface area contributed by atoms with Crippen molar-refractivity contribution >= 4 is 13.7 Å². The lowest BCUT2D eigenvalue weighted by atomic mass is 10.0. The molecule has 61 heavy (non-hydrogen) atoms. The van der Waals surface area contributed by atoms with Gasteiger partial charge in [0.25, 0.3) is 7.82 Å². The van der Waals surface area contributed by atoms with E-state index < -0.39 is 26.6 Å². The summed E-state index contributed by atoms with van der Waals surface area (Å²) in [5.41, 5.74) is 0. The van der Waals surface area contributed by atoms with Crippen molar-refractivity contribution in [3.8, 4) is 0 Å². The first-order valence-electron chi connectivity index (χ1n) is 25.2. The van der Waals surface area contributed by atoms with Gasteiger partial charge in [0.15, 0.2) is 0 Å². The summed E-state index contributed by atoms with van der Waals surface area (Å²) in [6.07, 6.45) is 57.2. The lowest BCUT2D eigenvalue weighted by molar-refractivity contribution is -0.870. The Hall–Kier alpha value is -1.80. The predicted octanol–water partition coefficient (Wildman–Crippen LogP) is 14.0. The summed E-state index contributed by atoms with van der Waals surface area (Å²) in [4.78, 5) is 25.3. The maximum atomic E-state index is 12.9. The summed E-state index contributed by atoms with van der Waals surface area (Å²) in [7, 11) is 1.23. The first kappa shape index (κ1) is 59.2. The van der Waals surface area contributed by atoms with Crippen LogP contribution in [0.5, 0.6) is 0 Å². The maximum Gasteiger partial charge on any atom is 0.268 e. The zero-order chi connectivity index (χ0) is 45.0. The first-order chi connectivity index (χ1) is 29.5. The molecule has 0 saturated heterocycles. The van der Waals surface area contributed by atoms with E-state index in [0.717, 1.165) is 57.8 Å². The molecule has 0 aliphatic rings. The van der Waals surface area contributed by atoms with Crippen LogP contribution in [0.4, 0.5) is 0 Å². The summed E-state index contributed by atoms with van der Waals surface area (Å²) in [6, 6.07) is -0.909. The molecule has 0 spiro atoms. The fourth-order valence-electron chi connectivity index (χ4n) is 6.91. The number of unbranched alkanes of at least 4 members (excludes halogenated alkanes) is 24. The molecule has 3 unspecified atom stereocenters. The van der Waals surface area contributed by atoms with Gasteiger partial charge >= 0.3 is 0 Å². The molecule has 3 atom stereocenters. The summed E-state index contributed by atoms with van der Waals surface area (Å²) in [5.74, 6) is -0.214. The lowest BCUT2D eigenvalue weighted by Gasteiger charge is -2.29. The minimum absolute atomic E-state index is 0.0105. The van der Waals surface area contributed by atoms with Crippen LogP contribution in [0.25, 0.3) is 0 Å². The van der Waals surface area contributed by atoms with Gasteiger partial charge in [0.2, 0.25) is 5.91 Å². The molecule has 0 bridgehead atoms. The van der Waals surface area contributed by atoms with E-state index in [1.807, 2.05) is 27.2 Å². The zero-order valence-corrected chi connectivity index (χ0v) is 41.2. The van der Waals surface area contributed by atoms with E-state index >= 15 is 0 Å². The number of quaternary nitrogens is 1. The normalized spacial score (nSPS) is 14.7. The number of nitrogens with one attached hydrogen (secondary N) is 1. The molecule has 0 aromatic heterocycles. The molecule has 1 amide bonds. The van der Waals surface area contributed by atoms with Crippen molar-refractivity contribution in [2.24, 2.45) is 0 Å². The van der Waals surface area contributed by atoms with E-state index in [0.29, 0.717) is 17.4 Å². The number of aliphatic hydroxyl groups excluding tert-OH is 1. The Morgan fingerprint density at radius 2 is 0.984 bits per heavy atom. The van der Waals surface area contributed by atoms with Crippen LogP contribution in [0, 0.1) is 0 Å². The van der Waals surface area contributed by atoms with Crippen molar-refractivity contribution in [1.82, 2.24) is 5.32 Å². The number of amides is 1.